The quantitative estimate of drug-likeness (QED) is 0.263. The zero-order valence-corrected chi connectivity index (χ0v) is 42.8. The van der Waals surface area contributed by atoms with Crippen molar-refractivity contribution in [1.82, 2.24) is 55.6 Å². The predicted octanol–water partition coefficient (Wildman–Crippen LogP) is 2.78. The third-order valence-electron chi connectivity index (χ3n) is 11.8. The van der Waals surface area contributed by atoms with Gasteiger partial charge in [0.15, 0.2) is 0 Å². The Kier molecular flexibility index (Phi) is 23.0. The molecule has 3 unspecified atom stereocenters. The first-order valence-corrected chi connectivity index (χ1v) is 22.9. The Morgan fingerprint density at radius 2 is 1.09 bits per heavy atom. The van der Waals surface area contributed by atoms with Gasteiger partial charge in [-0.25, -0.2) is 14.4 Å². The van der Waals surface area contributed by atoms with E-state index in [1.54, 1.807) is 27.7 Å². The smallest absolute Gasteiger partial charge is 0.326 e. The summed E-state index contributed by atoms with van der Waals surface area (Å²) in [6, 6.07) is -8.17. The van der Waals surface area contributed by atoms with Crippen molar-refractivity contribution < 1.29 is 43.2 Å². The van der Waals surface area contributed by atoms with Gasteiger partial charge < -0.3 is 30.2 Å². The normalized spacial score (nSPS) is 26.2. The Morgan fingerprint density at radius 1 is 0.569 bits per heavy atom. The van der Waals surface area contributed by atoms with Crippen LogP contribution in [0, 0.1) is 29.6 Å². The maximum absolute atomic E-state index is 14.3. The average molecular weight is 922 g/mol. The van der Waals surface area contributed by atoms with E-state index in [9.17, 15) is 43.2 Å². The van der Waals surface area contributed by atoms with E-state index in [0.29, 0.717) is 12.8 Å². The molecule has 65 heavy (non-hydrogen) atoms. The minimum atomic E-state index is -1.26. The van der Waals surface area contributed by atoms with Crippen molar-refractivity contribution in [3.8, 4) is 0 Å². The molecule has 0 spiro atoms. The summed E-state index contributed by atoms with van der Waals surface area (Å²) in [4.78, 5) is 133. The number of likely N-dealkylation sites (N-methyl/N-ethyl adjacent to an activating group) is 6. The molecular weight excluding hydrogens is 839 g/mol. The van der Waals surface area contributed by atoms with Crippen LogP contribution in [0.2, 0.25) is 0 Å². The molecule has 1 fully saturated rings. The molecule has 0 saturated carbocycles. The van der Waals surface area contributed by atoms with Gasteiger partial charge >= 0.3 is 18.1 Å². The lowest BCUT2D eigenvalue weighted by atomic mass is 10.00. The molecule has 0 radical (unpaired) electrons. The summed E-state index contributed by atoms with van der Waals surface area (Å²) in [7, 11) is 9.85. The molecule has 1 aliphatic heterocycles. The number of hydrogen-bond acceptors (Lipinski definition) is 11. The van der Waals surface area contributed by atoms with E-state index in [1.807, 2.05) is 67.3 Å². The number of carbonyl (C=O) groups is 9. The van der Waals surface area contributed by atoms with Gasteiger partial charge in [0, 0.05) is 42.3 Å². The average Bonchev–Trinajstić information content (AvgIpc) is 3.21. The fourth-order valence-corrected chi connectivity index (χ4v) is 7.83. The largest absolute Gasteiger partial charge is 0.338 e. The van der Waals surface area contributed by atoms with Gasteiger partial charge in [0.2, 0.25) is 23.6 Å². The van der Waals surface area contributed by atoms with E-state index >= 15 is 0 Å². The number of hydrogen-bond donors (Lipinski definition) is 4. The van der Waals surface area contributed by atoms with E-state index in [2.05, 4.69) is 21.3 Å². The zero-order chi connectivity index (χ0) is 50.5. The summed E-state index contributed by atoms with van der Waals surface area (Å²) in [6.45, 7) is 21.6. The first kappa shape index (κ1) is 58.2. The monoisotopic (exact) mass is 922 g/mol. The van der Waals surface area contributed by atoms with E-state index in [4.69, 9.17) is 0 Å². The Balaban J connectivity index is 3.94. The van der Waals surface area contributed by atoms with Crippen molar-refractivity contribution in [2.45, 2.75) is 151 Å². The second-order valence-corrected chi connectivity index (χ2v) is 19.6. The molecule has 0 aliphatic carbocycles. The number of carbonyl (C=O) groups excluding carboxylic acids is 9. The van der Waals surface area contributed by atoms with Crippen molar-refractivity contribution in [2.24, 2.45) is 29.6 Å². The van der Waals surface area contributed by atoms with E-state index in [1.165, 1.54) is 47.2 Å². The van der Waals surface area contributed by atoms with Crippen molar-refractivity contribution in [1.29, 1.82) is 0 Å². The van der Waals surface area contributed by atoms with Crippen molar-refractivity contribution in [3.05, 3.63) is 0 Å². The molecule has 1 aliphatic rings. The van der Waals surface area contributed by atoms with Crippen molar-refractivity contribution in [2.75, 3.05) is 55.9 Å². The number of nitrogens with zero attached hydrogens (tertiary/aromatic N) is 7. The second kappa shape index (κ2) is 25.7. The highest BCUT2D eigenvalue weighted by atomic mass is 16.2. The van der Waals surface area contributed by atoms with Gasteiger partial charge in [-0.3, -0.25) is 54.1 Å². The highest BCUT2D eigenvalue weighted by Crippen LogP contribution is 2.21. The van der Waals surface area contributed by atoms with Gasteiger partial charge in [0.25, 0.3) is 11.8 Å². The van der Waals surface area contributed by atoms with E-state index < -0.39 is 109 Å². The topological polar surface area (TPSA) is 224 Å². The summed E-state index contributed by atoms with van der Waals surface area (Å²) in [5.41, 5.74) is 0. The molecule has 12 amide bonds. The number of rotatable bonds is 9. The van der Waals surface area contributed by atoms with Gasteiger partial charge in [0.1, 0.15) is 24.2 Å². The van der Waals surface area contributed by atoms with Gasteiger partial charge in [-0.1, -0.05) is 76.2 Å². The van der Waals surface area contributed by atoms with Crippen LogP contribution in [0.1, 0.15) is 109 Å². The standard InChI is InChI=1S/C45H83N11O9/c1-20-31-40(60)50(13)24-35(57)51(14)32(21-25(2)3)39(59)48-37(29(10)11)53(16)34(23-27(6)7)46-30(12)38(58)49-44(64)52(15)33(22-26(4)5)41(61)56(19)45(65)54(17)36(28(8)9)42(62)55(18)43(63)47-31/h25-34,36-37,46H,20-24H2,1-19H3,(H,47,63)(H,48,59)(H,49,58,64)/t30-,31?,32+,33-,34-,36?,37?/m1/s1. The summed E-state index contributed by atoms with van der Waals surface area (Å²) < 4.78 is 0. The lowest BCUT2D eigenvalue weighted by Gasteiger charge is -2.41. The fourth-order valence-electron chi connectivity index (χ4n) is 7.83. The van der Waals surface area contributed by atoms with Gasteiger partial charge in [-0.15, -0.1) is 0 Å². The molecule has 372 valence electrons. The summed E-state index contributed by atoms with van der Waals surface area (Å²) in [6.07, 6.45) is -0.0165. The van der Waals surface area contributed by atoms with Gasteiger partial charge in [0.05, 0.1) is 24.9 Å². The molecule has 7 atom stereocenters. The van der Waals surface area contributed by atoms with Crippen LogP contribution in [-0.4, -0.2) is 186 Å². The van der Waals surface area contributed by atoms with E-state index in [-0.39, 0.29) is 36.5 Å². The first-order valence-electron chi connectivity index (χ1n) is 22.9. The van der Waals surface area contributed by atoms with Crippen molar-refractivity contribution >= 4 is 53.5 Å². The fraction of sp³-hybridized carbons (Fsp3) is 0.800. The van der Waals surface area contributed by atoms with E-state index in [0.717, 1.165) is 24.5 Å². The highest BCUT2D eigenvalue weighted by molar-refractivity contribution is 6.03. The Labute approximate surface area is 388 Å². The molecule has 1 saturated heterocycles. The third kappa shape index (κ3) is 16.2. The maximum Gasteiger partial charge on any atom is 0.326 e. The minimum Gasteiger partial charge on any atom is -0.338 e. The van der Waals surface area contributed by atoms with Crippen LogP contribution in [0.5, 0.6) is 0 Å². The second-order valence-electron chi connectivity index (χ2n) is 19.6. The van der Waals surface area contributed by atoms with Gasteiger partial charge in [-0.05, 0) is 69.2 Å². The van der Waals surface area contributed by atoms with Crippen LogP contribution in [0.3, 0.4) is 0 Å². The van der Waals surface area contributed by atoms with Crippen LogP contribution >= 0.6 is 0 Å². The minimum absolute atomic E-state index is 0.00616. The molecule has 20 heteroatoms. The van der Waals surface area contributed by atoms with Crippen LogP contribution in [-0.2, 0) is 28.8 Å². The lowest BCUT2D eigenvalue weighted by molar-refractivity contribution is -0.144. The Morgan fingerprint density at radius 3 is 1.57 bits per heavy atom. The molecule has 1 rings (SSSR count). The molecule has 0 aromatic carbocycles. The third-order valence-corrected chi connectivity index (χ3v) is 11.8. The molecule has 4 N–H and O–H groups in total. The highest BCUT2D eigenvalue weighted by Gasteiger charge is 2.41. The molecule has 0 aromatic heterocycles. The summed E-state index contributed by atoms with van der Waals surface area (Å²) in [5, 5.41) is 11.5. The number of urea groups is 3. The molecule has 0 aromatic rings. The zero-order valence-electron chi connectivity index (χ0n) is 42.8. The first-order chi connectivity index (χ1) is 29.9. The number of amides is 12. The lowest BCUT2D eigenvalue weighted by Crippen LogP contribution is -2.63. The molecule has 20 nitrogen and oxygen atoms in total. The van der Waals surface area contributed by atoms with Crippen LogP contribution in [0.4, 0.5) is 14.4 Å². The van der Waals surface area contributed by atoms with Crippen LogP contribution in [0.25, 0.3) is 0 Å². The van der Waals surface area contributed by atoms with Crippen LogP contribution in [0.15, 0.2) is 0 Å². The molecule has 0 bridgehead atoms. The number of nitrogens with one attached hydrogen (secondary N) is 4. The van der Waals surface area contributed by atoms with Crippen LogP contribution < -0.4 is 21.3 Å². The molecule has 1 heterocycles. The summed E-state index contributed by atoms with van der Waals surface area (Å²) >= 11 is 0. The Bertz CT molecular complexity index is 1690. The number of imide groups is 3. The van der Waals surface area contributed by atoms with Gasteiger partial charge in [-0.2, -0.15) is 0 Å². The van der Waals surface area contributed by atoms with Crippen molar-refractivity contribution in [3.63, 3.8) is 0 Å². The Hall–Kier alpha value is -4.85. The summed E-state index contributed by atoms with van der Waals surface area (Å²) in [5.74, 6) is -4.53. The molecular formula is C45H83N11O9. The SMILES string of the molecule is CCC1NC(=O)N(C)C(=O)C(C(C)C)N(C)C(=O)N(C)C(=O)[C@@H](CC(C)C)N(C)C(=O)NC(=O)[C@@H](C)N[C@@H](CC(C)C)N(C)C(C(C)C)NC(=O)[C@H](CC(C)C)N(C)C(=O)CN(C)C1=O. The predicted molar refractivity (Wildman–Crippen MR) is 249 cm³/mol. The maximum atomic E-state index is 14.3.